The van der Waals surface area contributed by atoms with Gasteiger partial charge >= 0.3 is 5.97 Å². The van der Waals surface area contributed by atoms with Crippen LogP contribution < -0.4 is 15.4 Å². The third kappa shape index (κ3) is 5.57. The number of aliphatic carboxylic acids is 1. The average Bonchev–Trinajstić information content (AvgIpc) is 3.50. The number of hydrogen-bond donors (Lipinski definition) is 3. The van der Waals surface area contributed by atoms with E-state index in [-0.39, 0.29) is 24.3 Å². The Bertz CT molecular complexity index is 861. The van der Waals surface area contributed by atoms with Crippen molar-refractivity contribution in [3.63, 3.8) is 0 Å². The summed E-state index contributed by atoms with van der Waals surface area (Å²) in [5.74, 6) is -0.811. The maximum Gasteiger partial charge on any atom is 0.341 e. The first kappa shape index (κ1) is 18.4. The Hall–Kier alpha value is -3.35. The van der Waals surface area contributed by atoms with Crippen molar-refractivity contribution in [1.82, 2.24) is 5.32 Å². The molecule has 2 aromatic carbocycles. The number of carbonyl (C=O) groups excluding carboxylic acids is 2. The van der Waals surface area contributed by atoms with Crippen molar-refractivity contribution in [2.45, 2.75) is 19.4 Å². The van der Waals surface area contributed by atoms with Crippen molar-refractivity contribution >= 4 is 23.5 Å². The molecule has 7 nitrogen and oxygen atoms in total. The largest absolute Gasteiger partial charge is 0.482 e. The topological polar surface area (TPSA) is 105 Å². The standard InChI is InChI=1S/C20H20N2O5/c23-18(24)12-27-17-6-1-3-13(9-17)11-21-19(25)15-4-2-5-16(10-15)22-20(26)14-7-8-14/h1-6,9-10,14H,7-8,11-12H2,(H,21,25)(H,22,26)(H,23,24). The maximum atomic E-state index is 12.4. The molecule has 140 valence electrons. The van der Waals surface area contributed by atoms with Crippen LogP contribution in [0.15, 0.2) is 48.5 Å². The molecule has 3 N–H and O–H groups in total. The van der Waals surface area contributed by atoms with Crippen LogP contribution in [0.3, 0.4) is 0 Å². The number of ether oxygens (including phenoxy) is 1. The van der Waals surface area contributed by atoms with Gasteiger partial charge in [0.1, 0.15) is 5.75 Å². The second kappa shape index (κ2) is 8.35. The summed E-state index contributed by atoms with van der Waals surface area (Å²) in [6.45, 7) is -0.156. The molecule has 0 aliphatic heterocycles. The number of benzene rings is 2. The van der Waals surface area contributed by atoms with Crippen LogP contribution >= 0.6 is 0 Å². The summed E-state index contributed by atoms with van der Waals surface area (Å²) < 4.78 is 5.12. The summed E-state index contributed by atoms with van der Waals surface area (Å²) >= 11 is 0. The summed E-state index contributed by atoms with van der Waals surface area (Å²) in [7, 11) is 0. The molecule has 0 radical (unpaired) electrons. The van der Waals surface area contributed by atoms with Gasteiger partial charge < -0.3 is 20.5 Å². The van der Waals surface area contributed by atoms with Gasteiger partial charge in [-0.25, -0.2) is 4.79 Å². The van der Waals surface area contributed by atoms with Crippen molar-refractivity contribution in [3.8, 4) is 5.75 Å². The van der Waals surface area contributed by atoms with Crippen molar-refractivity contribution in [1.29, 1.82) is 0 Å². The zero-order valence-electron chi connectivity index (χ0n) is 14.6. The molecule has 0 unspecified atom stereocenters. The summed E-state index contributed by atoms with van der Waals surface area (Å²) in [6, 6.07) is 13.7. The van der Waals surface area contributed by atoms with Gasteiger partial charge in [-0.3, -0.25) is 9.59 Å². The predicted octanol–water partition coefficient (Wildman–Crippen LogP) is 2.43. The first-order chi connectivity index (χ1) is 13.0. The zero-order chi connectivity index (χ0) is 19.2. The van der Waals surface area contributed by atoms with Crippen molar-refractivity contribution in [2.24, 2.45) is 5.92 Å². The lowest BCUT2D eigenvalue weighted by Gasteiger charge is -2.09. The fourth-order valence-corrected chi connectivity index (χ4v) is 2.50. The SMILES string of the molecule is O=C(O)COc1cccc(CNC(=O)c2cccc(NC(=O)C3CC3)c2)c1. The molecule has 0 heterocycles. The van der Waals surface area contributed by atoms with Crippen LogP contribution in [0.25, 0.3) is 0 Å². The first-order valence-electron chi connectivity index (χ1n) is 8.64. The number of carbonyl (C=O) groups is 3. The molecule has 1 aliphatic carbocycles. The summed E-state index contributed by atoms with van der Waals surface area (Å²) in [5, 5.41) is 14.3. The Morgan fingerprint density at radius 1 is 1.07 bits per heavy atom. The van der Waals surface area contributed by atoms with Gasteiger partial charge in [0, 0.05) is 23.7 Å². The molecular weight excluding hydrogens is 348 g/mol. The van der Waals surface area contributed by atoms with Crippen molar-refractivity contribution in [2.75, 3.05) is 11.9 Å². The van der Waals surface area contributed by atoms with E-state index in [0.717, 1.165) is 18.4 Å². The number of carboxylic acid groups (broad SMARTS) is 1. The van der Waals surface area contributed by atoms with Gasteiger partial charge in [0.05, 0.1) is 0 Å². The van der Waals surface area contributed by atoms with Gasteiger partial charge in [0.15, 0.2) is 6.61 Å². The highest BCUT2D eigenvalue weighted by molar-refractivity contribution is 5.98. The maximum absolute atomic E-state index is 12.4. The molecule has 1 saturated carbocycles. The highest BCUT2D eigenvalue weighted by Crippen LogP contribution is 2.30. The Morgan fingerprint density at radius 2 is 1.85 bits per heavy atom. The van der Waals surface area contributed by atoms with Gasteiger partial charge in [0.25, 0.3) is 5.91 Å². The molecule has 3 rings (SSSR count). The smallest absolute Gasteiger partial charge is 0.341 e. The summed E-state index contributed by atoms with van der Waals surface area (Å²) in [6.07, 6.45) is 1.84. The molecular formula is C20H20N2O5. The second-order valence-corrected chi connectivity index (χ2v) is 6.36. The Balaban J connectivity index is 1.56. The molecule has 7 heteroatoms. The third-order valence-electron chi connectivity index (χ3n) is 4.05. The average molecular weight is 368 g/mol. The minimum Gasteiger partial charge on any atom is -0.482 e. The first-order valence-corrected chi connectivity index (χ1v) is 8.64. The van der Waals surface area contributed by atoms with E-state index in [1.165, 1.54) is 0 Å². The number of anilines is 1. The monoisotopic (exact) mass is 368 g/mol. The van der Waals surface area contributed by atoms with E-state index in [1.807, 2.05) is 0 Å². The number of rotatable bonds is 8. The van der Waals surface area contributed by atoms with E-state index in [9.17, 15) is 14.4 Å². The summed E-state index contributed by atoms with van der Waals surface area (Å²) in [5.41, 5.74) is 1.83. The quantitative estimate of drug-likeness (QED) is 0.664. The van der Waals surface area contributed by atoms with E-state index in [0.29, 0.717) is 17.0 Å². The van der Waals surface area contributed by atoms with Gasteiger partial charge in [0.2, 0.25) is 5.91 Å². The van der Waals surface area contributed by atoms with Crippen molar-refractivity contribution in [3.05, 3.63) is 59.7 Å². The Kier molecular flexibility index (Phi) is 5.71. The van der Waals surface area contributed by atoms with Crippen molar-refractivity contribution < 1.29 is 24.2 Å². The minimum absolute atomic E-state index is 0.00858. The Morgan fingerprint density at radius 3 is 2.59 bits per heavy atom. The number of nitrogens with one attached hydrogen (secondary N) is 2. The van der Waals surface area contributed by atoms with Crippen LogP contribution in [0, 0.1) is 5.92 Å². The minimum atomic E-state index is -1.05. The molecule has 0 saturated heterocycles. The van der Waals surface area contributed by atoms with E-state index in [1.54, 1.807) is 48.5 Å². The van der Waals surface area contributed by atoms with Crippen LogP contribution in [0.2, 0.25) is 0 Å². The van der Waals surface area contributed by atoms with Crippen LogP contribution in [0.5, 0.6) is 5.75 Å². The van der Waals surface area contributed by atoms with E-state index in [4.69, 9.17) is 9.84 Å². The molecule has 27 heavy (non-hydrogen) atoms. The fraction of sp³-hybridized carbons (Fsp3) is 0.250. The Labute approximate surface area is 156 Å². The van der Waals surface area contributed by atoms with Gasteiger partial charge in [-0.15, -0.1) is 0 Å². The number of hydrogen-bond acceptors (Lipinski definition) is 4. The van der Waals surface area contributed by atoms with E-state index < -0.39 is 12.6 Å². The molecule has 2 aromatic rings. The highest BCUT2D eigenvalue weighted by Gasteiger charge is 2.29. The number of carboxylic acids is 1. The molecule has 0 bridgehead atoms. The number of amides is 2. The van der Waals surface area contributed by atoms with E-state index >= 15 is 0 Å². The molecule has 0 aromatic heterocycles. The predicted molar refractivity (Wildman–Crippen MR) is 98.5 cm³/mol. The highest BCUT2D eigenvalue weighted by atomic mass is 16.5. The zero-order valence-corrected chi connectivity index (χ0v) is 14.6. The van der Waals surface area contributed by atoms with Crippen LogP contribution in [-0.2, 0) is 16.1 Å². The van der Waals surface area contributed by atoms with Crippen LogP contribution in [-0.4, -0.2) is 29.5 Å². The normalized spacial score (nSPS) is 12.9. The molecule has 1 aliphatic rings. The summed E-state index contributed by atoms with van der Waals surface area (Å²) in [4.78, 5) is 34.8. The lowest BCUT2D eigenvalue weighted by Crippen LogP contribution is -2.23. The lowest BCUT2D eigenvalue weighted by molar-refractivity contribution is -0.139. The molecule has 2 amide bonds. The molecule has 0 spiro atoms. The molecule has 1 fully saturated rings. The fourth-order valence-electron chi connectivity index (χ4n) is 2.50. The second-order valence-electron chi connectivity index (χ2n) is 6.36. The van der Waals surface area contributed by atoms with Crippen LogP contribution in [0.4, 0.5) is 5.69 Å². The van der Waals surface area contributed by atoms with Crippen LogP contribution in [0.1, 0.15) is 28.8 Å². The van der Waals surface area contributed by atoms with E-state index in [2.05, 4.69) is 10.6 Å². The molecule has 0 atom stereocenters. The third-order valence-corrected chi connectivity index (χ3v) is 4.05. The lowest BCUT2D eigenvalue weighted by atomic mass is 10.1. The van der Waals surface area contributed by atoms with Gasteiger partial charge in [-0.1, -0.05) is 18.2 Å². The van der Waals surface area contributed by atoms with Gasteiger partial charge in [-0.2, -0.15) is 0 Å². The van der Waals surface area contributed by atoms with Gasteiger partial charge in [-0.05, 0) is 48.7 Å².